The number of fused-ring (bicyclic) bond motifs is 3. The lowest BCUT2D eigenvalue weighted by atomic mass is 9.85. The molecule has 2 fully saturated rings. The van der Waals surface area contributed by atoms with Crippen molar-refractivity contribution in [2.24, 2.45) is 5.10 Å². The molecule has 3 atom stereocenters. The quantitative estimate of drug-likeness (QED) is 0.646. The Labute approximate surface area is 182 Å². The van der Waals surface area contributed by atoms with Crippen LogP contribution in [-0.2, 0) is 14.4 Å². The van der Waals surface area contributed by atoms with Crippen molar-refractivity contribution in [3.63, 3.8) is 0 Å². The van der Waals surface area contributed by atoms with Crippen molar-refractivity contribution in [3.05, 3.63) is 24.3 Å². The van der Waals surface area contributed by atoms with E-state index in [0.29, 0.717) is 11.4 Å². The van der Waals surface area contributed by atoms with Crippen LogP contribution in [0.2, 0.25) is 0 Å². The standard InChI is InChI=1S/C22H30N6O3/c1-3-6-19-25-26-21-22(31)27(17-7-4-5-8-18(17)28(19)21)13-20(30)24-16-11-9-15(10-12-16)23-14(2)29/h9-12,17-18,21,26H,3-8,13H2,1-2H3,(H,23,29)(H,24,30). The SMILES string of the molecule is CCCC1=NNC2C(=O)N(CC(=O)Nc3ccc(NC(C)=O)cc3)C3CCCCC3N12. The Kier molecular flexibility index (Phi) is 6.11. The fraction of sp³-hybridized carbons (Fsp3) is 0.545. The normalized spacial score (nSPS) is 24.6. The molecule has 1 aromatic carbocycles. The largest absolute Gasteiger partial charge is 0.326 e. The number of hydrazone groups is 1. The van der Waals surface area contributed by atoms with Gasteiger partial charge in [-0.15, -0.1) is 0 Å². The number of rotatable bonds is 6. The maximum atomic E-state index is 13.3. The summed E-state index contributed by atoms with van der Waals surface area (Å²) in [7, 11) is 0. The molecule has 0 bridgehead atoms. The number of benzene rings is 1. The van der Waals surface area contributed by atoms with Crippen molar-refractivity contribution in [2.45, 2.75) is 70.6 Å². The highest BCUT2D eigenvalue weighted by Gasteiger charge is 2.50. The molecule has 0 radical (unpaired) electrons. The Balaban J connectivity index is 1.45. The molecule has 1 aliphatic carbocycles. The summed E-state index contributed by atoms with van der Waals surface area (Å²) in [5.41, 5.74) is 4.29. The molecule has 1 saturated carbocycles. The molecular weight excluding hydrogens is 396 g/mol. The molecule has 31 heavy (non-hydrogen) atoms. The van der Waals surface area contributed by atoms with E-state index in [9.17, 15) is 14.4 Å². The van der Waals surface area contributed by atoms with E-state index in [0.717, 1.165) is 44.4 Å². The van der Waals surface area contributed by atoms with Crippen molar-refractivity contribution in [2.75, 3.05) is 17.2 Å². The summed E-state index contributed by atoms with van der Waals surface area (Å²) in [6, 6.07) is 7.14. The molecule has 166 valence electrons. The Bertz CT molecular complexity index is 884. The first-order valence-electron chi connectivity index (χ1n) is 11.1. The molecule has 1 saturated heterocycles. The molecular formula is C22H30N6O3. The molecule has 0 spiro atoms. The molecule has 9 nitrogen and oxygen atoms in total. The second kappa shape index (κ2) is 8.95. The van der Waals surface area contributed by atoms with Crippen LogP contribution in [0.3, 0.4) is 0 Å². The number of nitrogens with zero attached hydrogens (tertiary/aromatic N) is 3. The van der Waals surface area contributed by atoms with Gasteiger partial charge in [0.2, 0.25) is 11.8 Å². The van der Waals surface area contributed by atoms with Gasteiger partial charge in [-0.25, -0.2) is 0 Å². The van der Waals surface area contributed by atoms with Crippen molar-refractivity contribution in [3.8, 4) is 0 Å². The van der Waals surface area contributed by atoms with Crippen LogP contribution in [0.15, 0.2) is 29.4 Å². The zero-order valence-corrected chi connectivity index (χ0v) is 18.1. The summed E-state index contributed by atoms with van der Waals surface area (Å²) in [6.07, 6.45) is 5.39. The second-order valence-electron chi connectivity index (χ2n) is 8.41. The van der Waals surface area contributed by atoms with Crippen LogP contribution in [0.4, 0.5) is 11.4 Å². The topological polar surface area (TPSA) is 106 Å². The Morgan fingerprint density at radius 3 is 2.39 bits per heavy atom. The van der Waals surface area contributed by atoms with Gasteiger partial charge in [0.05, 0.1) is 12.1 Å². The van der Waals surface area contributed by atoms with Gasteiger partial charge in [0.1, 0.15) is 12.4 Å². The highest BCUT2D eigenvalue weighted by atomic mass is 16.2. The maximum absolute atomic E-state index is 13.3. The number of carbonyl (C=O) groups excluding carboxylic acids is 3. The minimum Gasteiger partial charge on any atom is -0.326 e. The van der Waals surface area contributed by atoms with Gasteiger partial charge in [-0.05, 0) is 43.5 Å². The van der Waals surface area contributed by atoms with Gasteiger partial charge in [-0.3, -0.25) is 19.8 Å². The van der Waals surface area contributed by atoms with Crippen LogP contribution >= 0.6 is 0 Å². The molecule has 2 heterocycles. The van der Waals surface area contributed by atoms with Crippen molar-refractivity contribution < 1.29 is 14.4 Å². The van der Waals surface area contributed by atoms with Crippen molar-refractivity contribution >= 4 is 34.9 Å². The van der Waals surface area contributed by atoms with Gasteiger partial charge in [0, 0.05) is 24.7 Å². The van der Waals surface area contributed by atoms with Crippen LogP contribution < -0.4 is 16.1 Å². The number of anilines is 2. The van der Waals surface area contributed by atoms with Crippen molar-refractivity contribution in [1.29, 1.82) is 0 Å². The lowest BCUT2D eigenvalue weighted by Crippen LogP contribution is -2.69. The average molecular weight is 427 g/mol. The van der Waals surface area contributed by atoms with Gasteiger partial charge in [0.25, 0.3) is 5.91 Å². The maximum Gasteiger partial charge on any atom is 0.268 e. The fourth-order valence-electron chi connectivity index (χ4n) is 4.86. The number of carbonyl (C=O) groups is 3. The number of nitrogens with one attached hydrogen (secondary N) is 3. The molecule has 3 amide bonds. The summed E-state index contributed by atoms with van der Waals surface area (Å²) in [5.74, 6) is 0.490. The molecule has 4 rings (SSSR count). The summed E-state index contributed by atoms with van der Waals surface area (Å²) in [5, 5.41) is 10.00. The van der Waals surface area contributed by atoms with E-state index in [2.05, 4.69) is 33.0 Å². The average Bonchev–Trinajstić information content (AvgIpc) is 3.17. The first-order valence-corrected chi connectivity index (χ1v) is 11.1. The molecule has 2 aliphatic heterocycles. The van der Waals surface area contributed by atoms with Crippen LogP contribution in [0.1, 0.15) is 52.4 Å². The Morgan fingerprint density at radius 2 is 1.74 bits per heavy atom. The number of amidine groups is 1. The Hall–Kier alpha value is -3.10. The predicted molar refractivity (Wildman–Crippen MR) is 118 cm³/mol. The van der Waals surface area contributed by atoms with Crippen LogP contribution in [0.25, 0.3) is 0 Å². The highest BCUT2D eigenvalue weighted by molar-refractivity contribution is 5.98. The Morgan fingerprint density at radius 1 is 1.10 bits per heavy atom. The third-order valence-corrected chi connectivity index (χ3v) is 6.14. The van der Waals surface area contributed by atoms with Crippen LogP contribution in [-0.4, -0.2) is 58.2 Å². The molecule has 3 aliphatic rings. The van der Waals surface area contributed by atoms with Gasteiger partial charge in [-0.1, -0.05) is 19.8 Å². The third-order valence-electron chi connectivity index (χ3n) is 6.14. The zero-order chi connectivity index (χ0) is 22.0. The first kappa shape index (κ1) is 21.1. The fourth-order valence-corrected chi connectivity index (χ4v) is 4.86. The van der Waals surface area contributed by atoms with Gasteiger partial charge in [0.15, 0.2) is 6.17 Å². The molecule has 1 aromatic rings. The molecule has 3 unspecified atom stereocenters. The minimum absolute atomic E-state index is 0.0164. The number of piperazine rings is 1. The predicted octanol–water partition coefficient (Wildman–Crippen LogP) is 2.08. The van der Waals surface area contributed by atoms with E-state index in [1.807, 2.05) is 0 Å². The first-order chi connectivity index (χ1) is 15.0. The summed E-state index contributed by atoms with van der Waals surface area (Å²) < 4.78 is 0. The van der Waals surface area contributed by atoms with Crippen LogP contribution in [0.5, 0.6) is 0 Å². The van der Waals surface area contributed by atoms with E-state index in [1.54, 1.807) is 29.2 Å². The van der Waals surface area contributed by atoms with Crippen molar-refractivity contribution in [1.82, 2.24) is 15.2 Å². The minimum atomic E-state index is -0.509. The van der Waals surface area contributed by atoms with Gasteiger partial charge >= 0.3 is 0 Å². The second-order valence-corrected chi connectivity index (χ2v) is 8.41. The summed E-state index contributed by atoms with van der Waals surface area (Å²) >= 11 is 0. The molecule has 0 aromatic heterocycles. The van der Waals surface area contributed by atoms with E-state index in [-0.39, 0.29) is 36.3 Å². The number of amides is 3. The van der Waals surface area contributed by atoms with E-state index < -0.39 is 6.17 Å². The van der Waals surface area contributed by atoms with Gasteiger partial charge < -0.3 is 20.4 Å². The number of hydrogen-bond acceptors (Lipinski definition) is 6. The van der Waals surface area contributed by atoms with Gasteiger partial charge in [-0.2, -0.15) is 5.10 Å². The lowest BCUT2D eigenvalue weighted by molar-refractivity contribution is -0.151. The lowest BCUT2D eigenvalue weighted by Gasteiger charge is -2.51. The zero-order valence-electron chi connectivity index (χ0n) is 18.1. The van der Waals surface area contributed by atoms with E-state index >= 15 is 0 Å². The smallest absolute Gasteiger partial charge is 0.268 e. The summed E-state index contributed by atoms with van der Waals surface area (Å²) in [6.45, 7) is 3.57. The monoisotopic (exact) mass is 426 g/mol. The van der Waals surface area contributed by atoms with E-state index in [4.69, 9.17) is 0 Å². The highest BCUT2D eigenvalue weighted by Crippen LogP contribution is 2.35. The molecule has 3 N–H and O–H groups in total. The molecule has 9 heteroatoms. The van der Waals surface area contributed by atoms with Crippen LogP contribution in [0, 0.1) is 0 Å². The summed E-state index contributed by atoms with van der Waals surface area (Å²) in [4.78, 5) is 41.1. The third kappa shape index (κ3) is 4.35. The van der Waals surface area contributed by atoms with E-state index in [1.165, 1.54) is 6.92 Å². The number of hydrogen-bond donors (Lipinski definition) is 3.